The van der Waals surface area contributed by atoms with Gasteiger partial charge in [-0.2, -0.15) is 10.2 Å². The molecule has 0 spiro atoms. The fourth-order valence-corrected chi connectivity index (χ4v) is 3.43. The SMILES string of the molecule is C/C=C(\N)c1nn(C2CCCCC2)cc1NC(=O)c1coc(-c2cn[nH]c2)n1. The molecule has 1 aliphatic carbocycles. The maximum atomic E-state index is 12.7. The van der Waals surface area contributed by atoms with Crippen LogP contribution in [-0.4, -0.2) is 30.9 Å². The van der Waals surface area contributed by atoms with Crippen molar-refractivity contribution >= 4 is 17.3 Å². The maximum Gasteiger partial charge on any atom is 0.277 e. The number of allylic oxidation sites excluding steroid dienone is 1. The van der Waals surface area contributed by atoms with Gasteiger partial charge in [0.15, 0.2) is 5.69 Å². The molecular formula is C19H23N7O2. The highest BCUT2D eigenvalue weighted by Gasteiger charge is 2.22. The van der Waals surface area contributed by atoms with Crippen LogP contribution in [0.2, 0.25) is 0 Å². The number of aromatic nitrogens is 5. The second-order valence-corrected chi connectivity index (χ2v) is 6.89. The molecule has 0 unspecified atom stereocenters. The summed E-state index contributed by atoms with van der Waals surface area (Å²) in [5.74, 6) is -0.0585. The summed E-state index contributed by atoms with van der Waals surface area (Å²) in [7, 11) is 0. The third-order valence-electron chi connectivity index (χ3n) is 5.00. The molecule has 0 atom stereocenters. The number of nitrogens with one attached hydrogen (secondary N) is 2. The summed E-state index contributed by atoms with van der Waals surface area (Å²) in [5, 5.41) is 14.1. The quantitative estimate of drug-likeness (QED) is 0.622. The van der Waals surface area contributed by atoms with Gasteiger partial charge in [-0.15, -0.1) is 0 Å². The van der Waals surface area contributed by atoms with Crippen molar-refractivity contribution in [1.82, 2.24) is 25.0 Å². The summed E-state index contributed by atoms with van der Waals surface area (Å²) >= 11 is 0. The molecular weight excluding hydrogens is 358 g/mol. The third-order valence-corrected chi connectivity index (χ3v) is 5.00. The Morgan fingerprint density at radius 3 is 2.93 bits per heavy atom. The number of oxazole rings is 1. The number of hydrogen-bond acceptors (Lipinski definition) is 6. The lowest BCUT2D eigenvalue weighted by molar-refractivity contribution is 0.102. The van der Waals surface area contributed by atoms with Gasteiger partial charge in [0.25, 0.3) is 5.91 Å². The van der Waals surface area contributed by atoms with E-state index in [0.29, 0.717) is 34.6 Å². The second kappa shape index (κ2) is 7.71. The van der Waals surface area contributed by atoms with E-state index in [-0.39, 0.29) is 11.6 Å². The highest BCUT2D eigenvalue weighted by molar-refractivity contribution is 6.04. The molecule has 9 nitrogen and oxygen atoms in total. The van der Waals surface area contributed by atoms with Gasteiger partial charge in [0.1, 0.15) is 12.0 Å². The molecule has 3 heterocycles. The van der Waals surface area contributed by atoms with E-state index in [4.69, 9.17) is 10.2 Å². The fraction of sp³-hybridized carbons (Fsp3) is 0.368. The standard InChI is InChI=1S/C19H23N7O2/c1-2-14(20)17-15(10-26(25-17)13-6-4-3-5-7-13)23-18(27)16-11-28-19(24-16)12-8-21-22-9-12/h2,8-11,13H,3-7,20H2,1H3,(H,21,22)(H,23,27)/b14-2-. The van der Waals surface area contributed by atoms with E-state index < -0.39 is 0 Å². The molecule has 0 bridgehead atoms. The number of nitrogens with two attached hydrogens (primary N) is 1. The number of nitrogens with zero attached hydrogens (tertiary/aromatic N) is 4. The van der Waals surface area contributed by atoms with Crippen LogP contribution in [-0.2, 0) is 0 Å². The third kappa shape index (κ3) is 3.55. The Bertz CT molecular complexity index is 978. The van der Waals surface area contributed by atoms with Crippen LogP contribution in [0.1, 0.15) is 61.3 Å². The number of carbonyl (C=O) groups excluding carboxylic acids is 1. The first-order valence-corrected chi connectivity index (χ1v) is 9.43. The summed E-state index contributed by atoms with van der Waals surface area (Å²) in [6, 6.07) is 0.336. The smallest absolute Gasteiger partial charge is 0.277 e. The largest absolute Gasteiger partial charge is 0.444 e. The fourth-order valence-electron chi connectivity index (χ4n) is 3.43. The van der Waals surface area contributed by atoms with E-state index in [1.165, 1.54) is 25.5 Å². The summed E-state index contributed by atoms with van der Waals surface area (Å²) in [4.78, 5) is 16.9. The predicted molar refractivity (Wildman–Crippen MR) is 104 cm³/mol. The zero-order chi connectivity index (χ0) is 19.5. The van der Waals surface area contributed by atoms with Crippen molar-refractivity contribution in [1.29, 1.82) is 0 Å². The first-order chi connectivity index (χ1) is 13.7. The molecule has 1 amide bonds. The van der Waals surface area contributed by atoms with E-state index >= 15 is 0 Å². The van der Waals surface area contributed by atoms with Gasteiger partial charge in [-0.1, -0.05) is 25.3 Å². The van der Waals surface area contributed by atoms with Crippen molar-refractivity contribution in [3.8, 4) is 11.5 Å². The Labute approximate surface area is 162 Å². The Morgan fingerprint density at radius 1 is 1.39 bits per heavy atom. The molecule has 0 radical (unpaired) electrons. The Morgan fingerprint density at radius 2 is 2.21 bits per heavy atom. The van der Waals surface area contributed by atoms with Gasteiger partial charge >= 0.3 is 0 Å². The number of hydrogen-bond donors (Lipinski definition) is 3. The lowest BCUT2D eigenvalue weighted by atomic mass is 9.96. The Balaban J connectivity index is 1.57. The van der Waals surface area contributed by atoms with Crippen LogP contribution in [0, 0.1) is 0 Å². The monoisotopic (exact) mass is 381 g/mol. The van der Waals surface area contributed by atoms with Crippen molar-refractivity contribution in [3.05, 3.63) is 42.3 Å². The molecule has 146 valence electrons. The number of rotatable bonds is 5. The summed E-state index contributed by atoms with van der Waals surface area (Å²) in [6.45, 7) is 1.84. The second-order valence-electron chi connectivity index (χ2n) is 6.89. The minimum Gasteiger partial charge on any atom is -0.444 e. The molecule has 9 heteroatoms. The molecule has 4 N–H and O–H groups in total. The van der Waals surface area contributed by atoms with Crippen LogP contribution in [0.15, 0.2) is 35.3 Å². The van der Waals surface area contributed by atoms with Crippen molar-refractivity contribution in [3.63, 3.8) is 0 Å². The van der Waals surface area contributed by atoms with Crippen LogP contribution < -0.4 is 11.1 Å². The number of H-pyrrole nitrogens is 1. The minimum atomic E-state index is -0.383. The Hall–Kier alpha value is -3.36. The van der Waals surface area contributed by atoms with Gasteiger partial charge in [-0.05, 0) is 19.8 Å². The average molecular weight is 381 g/mol. The highest BCUT2D eigenvalue weighted by Crippen LogP contribution is 2.30. The molecule has 1 fully saturated rings. The number of amides is 1. The molecule has 0 aromatic carbocycles. The molecule has 28 heavy (non-hydrogen) atoms. The van der Waals surface area contributed by atoms with Crippen LogP contribution in [0.3, 0.4) is 0 Å². The van der Waals surface area contributed by atoms with E-state index in [1.807, 2.05) is 17.8 Å². The van der Waals surface area contributed by atoms with Gasteiger partial charge in [-0.25, -0.2) is 4.98 Å². The summed E-state index contributed by atoms with van der Waals surface area (Å²) in [5.41, 5.74) is 8.61. The summed E-state index contributed by atoms with van der Waals surface area (Å²) in [6.07, 6.45) is 14.0. The molecule has 0 saturated heterocycles. The van der Waals surface area contributed by atoms with Crippen LogP contribution in [0.4, 0.5) is 5.69 Å². The molecule has 0 aliphatic heterocycles. The predicted octanol–water partition coefficient (Wildman–Crippen LogP) is 3.34. The highest BCUT2D eigenvalue weighted by atomic mass is 16.3. The van der Waals surface area contributed by atoms with E-state index in [1.54, 1.807) is 18.5 Å². The molecule has 3 aromatic heterocycles. The summed E-state index contributed by atoms with van der Waals surface area (Å²) < 4.78 is 7.31. The zero-order valence-corrected chi connectivity index (χ0v) is 15.7. The minimum absolute atomic E-state index is 0.173. The lowest BCUT2D eigenvalue weighted by Crippen LogP contribution is -2.14. The average Bonchev–Trinajstić information content (AvgIpc) is 3.47. The van der Waals surface area contributed by atoms with Crippen LogP contribution in [0.25, 0.3) is 17.2 Å². The van der Waals surface area contributed by atoms with Crippen molar-refractivity contribution in [2.24, 2.45) is 5.73 Å². The van der Waals surface area contributed by atoms with E-state index in [0.717, 1.165) is 12.8 Å². The lowest BCUT2D eigenvalue weighted by Gasteiger charge is -2.21. The number of aromatic amines is 1. The Kier molecular flexibility index (Phi) is 4.96. The van der Waals surface area contributed by atoms with Crippen LogP contribution in [0.5, 0.6) is 0 Å². The molecule has 4 rings (SSSR count). The van der Waals surface area contributed by atoms with Crippen molar-refractivity contribution < 1.29 is 9.21 Å². The molecule has 3 aromatic rings. The number of anilines is 1. The normalized spacial score (nSPS) is 15.7. The van der Waals surface area contributed by atoms with E-state index in [2.05, 4.69) is 25.6 Å². The topological polar surface area (TPSA) is 128 Å². The zero-order valence-electron chi connectivity index (χ0n) is 15.7. The number of carbonyl (C=O) groups is 1. The van der Waals surface area contributed by atoms with Gasteiger partial charge < -0.3 is 15.5 Å². The van der Waals surface area contributed by atoms with Gasteiger partial charge in [0, 0.05) is 12.4 Å². The van der Waals surface area contributed by atoms with Gasteiger partial charge in [0.05, 0.1) is 29.2 Å². The van der Waals surface area contributed by atoms with Gasteiger partial charge in [-0.3, -0.25) is 14.6 Å². The van der Waals surface area contributed by atoms with Crippen LogP contribution >= 0.6 is 0 Å². The van der Waals surface area contributed by atoms with Crippen molar-refractivity contribution in [2.45, 2.75) is 45.1 Å². The maximum absolute atomic E-state index is 12.7. The first-order valence-electron chi connectivity index (χ1n) is 9.43. The van der Waals surface area contributed by atoms with Crippen molar-refractivity contribution in [2.75, 3.05) is 5.32 Å². The van der Waals surface area contributed by atoms with Gasteiger partial charge in [0.2, 0.25) is 5.89 Å². The molecule has 1 aliphatic rings. The van der Waals surface area contributed by atoms with E-state index in [9.17, 15) is 4.79 Å². The molecule has 1 saturated carbocycles. The first kappa shape index (κ1) is 18.0.